The Morgan fingerprint density at radius 3 is 2.56 bits per heavy atom. The standard InChI is InChI=1S/C14H22N2/c1-10-11-7-8-12(14(11,2)3)16(10)13-6-5-9-15(13)4/h5-6,9-12H,7-8H2,1-4H3. The highest BCUT2D eigenvalue weighted by Gasteiger charge is 2.56. The number of hydrogen-bond acceptors (Lipinski definition) is 1. The van der Waals surface area contributed by atoms with Gasteiger partial charge in [0.2, 0.25) is 0 Å². The number of aromatic nitrogens is 1. The molecule has 0 amide bonds. The van der Waals surface area contributed by atoms with Crippen LogP contribution in [0, 0.1) is 11.3 Å². The molecule has 2 bridgehead atoms. The largest absolute Gasteiger partial charge is 0.351 e. The molecule has 2 fully saturated rings. The topological polar surface area (TPSA) is 8.17 Å². The van der Waals surface area contributed by atoms with Crippen LogP contribution in [0.15, 0.2) is 18.3 Å². The monoisotopic (exact) mass is 218 g/mol. The first kappa shape index (κ1) is 10.2. The first-order valence-electron chi connectivity index (χ1n) is 6.43. The molecule has 3 atom stereocenters. The zero-order valence-electron chi connectivity index (χ0n) is 10.8. The van der Waals surface area contributed by atoms with Gasteiger partial charge >= 0.3 is 0 Å². The Hall–Kier alpha value is -0.920. The molecule has 1 saturated heterocycles. The summed E-state index contributed by atoms with van der Waals surface area (Å²) in [5.41, 5.74) is 0.490. The number of fused-ring (bicyclic) bond motifs is 2. The van der Waals surface area contributed by atoms with E-state index >= 15 is 0 Å². The van der Waals surface area contributed by atoms with E-state index in [0.29, 0.717) is 11.5 Å². The molecule has 1 aromatic rings. The van der Waals surface area contributed by atoms with Crippen molar-refractivity contribution in [3.63, 3.8) is 0 Å². The van der Waals surface area contributed by atoms with Crippen molar-refractivity contribution in [2.45, 2.75) is 45.7 Å². The predicted octanol–water partition coefficient (Wildman–Crippen LogP) is 3.04. The number of nitrogens with zero attached hydrogens (tertiary/aromatic N) is 2. The van der Waals surface area contributed by atoms with Crippen molar-refractivity contribution in [2.75, 3.05) is 4.90 Å². The second-order valence-corrected chi connectivity index (χ2v) is 6.15. The Labute approximate surface area is 98.2 Å². The third kappa shape index (κ3) is 1.08. The van der Waals surface area contributed by atoms with E-state index in [1.165, 1.54) is 18.7 Å². The molecule has 1 aromatic heterocycles. The van der Waals surface area contributed by atoms with Crippen LogP contribution >= 0.6 is 0 Å². The fourth-order valence-electron chi connectivity index (χ4n) is 4.26. The fourth-order valence-corrected chi connectivity index (χ4v) is 4.26. The van der Waals surface area contributed by atoms with Gasteiger partial charge in [0, 0.05) is 25.3 Å². The minimum Gasteiger partial charge on any atom is -0.351 e. The summed E-state index contributed by atoms with van der Waals surface area (Å²) in [5.74, 6) is 2.26. The van der Waals surface area contributed by atoms with Crippen LogP contribution in [-0.4, -0.2) is 16.7 Å². The van der Waals surface area contributed by atoms with E-state index in [4.69, 9.17) is 0 Å². The summed E-state index contributed by atoms with van der Waals surface area (Å²) in [7, 11) is 2.15. The first-order valence-corrected chi connectivity index (χ1v) is 6.43. The van der Waals surface area contributed by atoms with Crippen LogP contribution in [0.5, 0.6) is 0 Å². The highest BCUT2D eigenvalue weighted by molar-refractivity contribution is 5.47. The molecule has 0 radical (unpaired) electrons. The molecule has 1 saturated carbocycles. The lowest BCUT2D eigenvalue weighted by atomic mass is 9.80. The average molecular weight is 218 g/mol. The van der Waals surface area contributed by atoms with Crippen molar-refractivity contribution in [1.82, 2.24) is 4.57 Å². The third-order valence-electron chi connectivity index (χ3n) is 5.10. The Kier molecular flexibility index (Phi) is 1.96. The van der Waals surface area contributed by atoms with Gasteiger partial charge < -0.3 is 9.47 Å². The van der Waals surface area contributed by atoms with Crippen LogP contribution in [0.1, 0.15) is 33.6 Å². The van der Waals surface area contributed by atoms with E-state index in [2.05, 4.69) is 55.6 Å². The van der Waals surface area contributed by atoms with Crippen molar-refractivity contribution in [3.05, 3.63) is 18.3 Å². The van der Waals surface area contributed by atoms with Gasteiger partial charge in [0.05, 0.1) is 0 Å². The number of rotatable bonds is 1. The Morgan fingerprint density at radius 2 is 2.06 bits per heavy atom. The van der Waals surface area contributed by atoms with E-state index < -0.39 is 0 Å². The van der Waals surface area contributed by atoms with Gasteiger partial charge in [0.1, 0.15) is 5.82 Å². The van der Waals surface area contributed by atoms with Crippen molar-refractivity contribution >= 4 is 5.82 Å². The maximum absolute atomic E-state index is 2.66. The lowest BCUT2D eigenvalue weighted by Gasteiger charge is -2.35. The van der Waals surface area contributed by atoms with E-state index in [1.807, 2.05) is 0 Å². The van der Waals surface area contributed by atoms with E-state index in [9.17, 15) is 0 Å². The SMILES string of the molecule is CC1C2CCC(N1c1cccn1C)C2(C)C. The normalized spacial score (nSPS) is 36.0. The highest BCUT2D eigenvalue weighted by Crippen LogP contribution is 2.55. The van der Waals surface area contributed by atoms with Crippen LogP contribution in [0.25, 0.3) is 0 Å². The highest BCUT2D eigenvalue weighted by atomic mass is 15.3. The van der Waals surface area contributed by atoms with Crippen LogP contribution in [-0.2, 0) is 7.05 Å². The molecule has 3 unspecified atom stereocenters. The van der Waals surface area contributed by atoms with Crippen molar-refractivity contribution in [2.24, 2.45) is 18.4 Å². The van der Waals surface area contributed by atoms with E-state index in [0.717, 1.165) is 12.0 Å². The van der Waals surface area contributed by atoms with Gasteiger partial charge in [-0.2, -0.15) is 0 Å². The molecule has 2 heteroatoms. The minimum absolute atomic E-state index is 0.490. The zero-order valence-corrected chi connectivity index (χ0v) is 10.8. The molecule has 3 rings (SSSR count). The second-order valence-electron chi connectivity index (χ2n) is 6.15. The molecule has 16 heavy (non-hydrogen) atoms. The smallest absolute Gasteiger partial charge is 0.108 e. The molecule has 2 nitrogen and oxygen atoms in total. The molecular formula is C14H22N2. The van der Waals surface area contributed by atoms with Gasteiger partial charge in [-0.05, 0) is 43.2 Å². The van der Waals surface area contributed by atoms with Gasteiger partial charge in [-0.25, -0.2) is 0 Å². The molecule has 0 aromatic carbocycles. The second kappa shape index (κ2) is 3.06. The summed E-state index contributed by atoms with van der Waals surface area (Å²) < 4.78 is 2.26. The van der Waals surface area contributed by atoms with Gasteiger partial charge in [-0.3, -0.25) is 0 Å². The van der Waals surface area contributed by atoms with E-state index in [-0.39, 0.29) is 0 Å². The maximum Gasteiger partial charge on any atom is 0.108 e. The number of aryl methyl sites for hydroxylation is 1. The van der Waals surface area contributed by atoms with Crippen molar-refractivity contribution in [3.8, 4) is 0 Å². The number of piperidine rings is 1. The predicted molar refractivity (Wildman–Crippen MR) is 67.6 cm³/mol. The fraction of sp³-hybridized carbons (Fsp3) is 0.714. The van der Waals surface area contributed by atoms with Crippen molar-refractivity contribution < 1.29 is 0 Å². The molecule has 2 aliphatic rings. The molecule has 2 heterocycles. The number of anilines is 1. The van der Waals surface area contributed by atoms with Crippen LogP contribution in [0.3, 0.4) is 0 Å². The zero-order chi connectivity index (χ0) is 11.5. The van der Waals surface area contributed by atoms with Crippen LogP contribution in [0.2, 0.25) is 0 Å². The van der Waals surface area contributed by atoms with Crippen LogP contribution < -0.4 is 4.90 Å². The molecule has 0 N–H and O–H groups in total. The summed E-state index contributed by atoms with van der Waals surface area (Å²) in [6.45, 7) is 7.31. The molecule has 1 aliphatic carbocycles. The Balaban J connectivity index is 2.02. The van der Waals surface area contributed by atoms with Gasteiger partial charge in [0.15, 0.2) is 0 Å². The molecular weight excluding hydrogens is 196 g/mol. The van der Waals surface area contributed by atoms with Crippen molar-refractivity contribution in [1.29, 1.82) is 0 Å². The molecule has 1 aliphatic heterocycles. The third-order valence-corrected chi connectivity index (χ3v) is 5.10. The maximum atomic E-state index is 2.66. The first-order chi connectivity index (χ1) is 7.53. The van der Waals surface area contributed by atoms with E-state index in [1.54, 1.807) is 0 Å². The summed E-state index contributed by atoms with van der Waals surface area (Å²) >= 11 is 0. The number of hydrogen-bond donors (Lipinski definition) is 0. The lowest BCUT2D eigenvalue weighted by molar-refractivity contribution is 0.286. The van der Waals surface area contributed by atoms with Gasteiger partial charge in [-0.1, -0.05) is 13.8 Å². The van der Waals surface area contributed by atoms with Crippen LogP contribution in [0.4, 0.5) is 5.82 Å². The average Bonchev–Trinajstić information content (AvgIpc) is 2.79. The summed E-state index contributed by atoms with van der Waals surface area (Å²) in [6.07, 6.45) is 4.94. The summed E-state index contributed by atoms with van der Waals surface area (Å²) in [6, 6.07) is 5.84. The lowest BCUT2D eigenvalue weighted by Crippen LogP contribution is -2.41. The molecule has 0 spiro atoms. The minimum atomic E-state index is 0.490. The van der Waals surface area contributed by atoms with Gasteiger partial charge in [0.25, 0.3) is 0 Å². The Morgan fingerprint density at radius 1 is 1.31 bits per heavy atom. The van der Waals surface area contributed by atoms with Gasteiger partial charge in [-0.15, -0.1) is 0 Å². The molecule has 88 valence electrons. The quantitative estimate of drug-likeness (QED) is 0.703. The summed E-state index contributed by atoms with van der Waals surface area (Å²) in [4.78, 5) is 2.66. The Bertz CT molecular complexity index is 405. The summed E-state index contributed by atoms with van der Waals surface area (Å²) in [5, 5.41) is 0.